The molecule has 5 nitrogen and oxygen atoms in total. The van der Waals surface area contributed by atoms with Gasteiger partial charge in [0.2, 0.25) is 5.91 Å². The quantitative estimate of drug-likeness (QED) is 0.764. The second-order valence-electron chi connectivity index (χ2n) is 5.61. The molecule has 0 unspecified atom stereocenters. The van der Waals surface area contributed by atoms with Gasteiger partial charge in [-0.15, -0.1) is 0 Å². The van der Waals surface area contributed by atoms with Crippen molar-refractivity contribution in [1.29, 1.82) is 0 Å². The minimum Gasteiger partial charge on any atom is -0.376 e. The summed E-state index contributed by atoms with van der Waals surface area (Å²) in [6, 6.07) is 12.9. The first kappa shape index (κ1) is 17.5. The van der Waals surface area contributed by atoms with E-state index in [1.54, 1.807) is 24.3 Å². The van der Waals surface area contributed by atoms with Crippen LogP contribution < -0.4 is 16.0 Å². The minimum absolute atomic E-state index is 0.100. The van der Waals surface area contributed by atoms with Crippen LogP contribution in [-0.2, 0) is 4.79 Å². The molecule has 24 heavy (non-hydrogen) atoms. The first-order valence-corrected chi connectivity index (χ1v) is 7.99. The van der Waals surface area contributed by atoms with Gasteiger partial charge in [0.1, 0.15) is 0 Å². The Morgan fingerprint density at radius 2 is 1.58 bits per heavy atom. The number of aryl methyl sites for hydroxylation is 2. The number of carbonyl (C=O) groups excluding carboxylic acids is 2. The lowest BCUT2D eigenvalue weighted by Crippen LogP contribution is -2.23. The lowest BCUT2D eigenvalue weighted by Gasteiger charge is -2.12. The molecule has 2 aromatic rings. The fourth-order valence-corrected chi connectivity index (χ4v) is 2.38. The molecule has 2 aromatic carbocycles. The molecule has 0 saturated carbocycles. The Hall–Kier alpha value is -2.82. The Bertz CT molecular complexity index is 704. The highest BCUT2D eigenvalue weighted by molar-refractivity contribution is 5.96. The maximum atomic E-state index is 12.1. The molecule has 3 N–H and O–H groups in total. The molecule has 5 heteroatoms. The summed E-state index contributed by atoms with van der Waals surface area (Å²) in [7, 11) is 0. The van der Waals surface area contributed by atoms with Crippen molar-refractivity contribution in [2.45, 2.75) is 20.8 Å². The third kappa shape index (κ3) is 4.59. The van der Waals surface area contributed by atoms with E-state index in [0.29, 0.717) is 12.1 Å². The zero-order valence-electron chi connectivity index (χ0n) is 14.3. The molecule has 126 valence electrons. The number of nitrogens with one attached hydrogen (secondary N) is 3. The van der Waals surface area contributed by atoms with Crippen molar-refractivity contribution in [3.05, 3.63) is 59.2 Å². The maximum Gasteiger partial charge on any atom is 0.251 e. The summed E-state index contributed by atoms with van der Waals surface area (Å²) in [6.07, 6.45) is 0. The summed E-state index contributed by atoms with van der Waals surface area (Å²) < 4.78 is 0. The van der Waals surface area contributed by atoms with E-state index in [0.717, 1.165) is 22.5 Å². The molecule has 0 aliphatic rings. The third-order valence-corrected chi connectivity index (χ3v) is 3.68. The molecule has 2 rings (SSSR count). The molecule has 0 bridgehead atoms. The Kier molecular flexibility index (Phi) is 5.95. The van der Waals surface area contributed by atoms with Crippen LogP contribution in [0.2, 0.25) is 0 Å². The van der Waals surface area contributed by atoms with Crippen LogP contribution in [0, 0.1) is 13.8 Å². The van der Waals surface area contributed by atoms with E-state index < -0.39 is 0 Å². The van der Waals surface area contributed by atoms with Crippen molar-refractivity contribution < 1.29 is 9.59 Å². The number of benzene rings is 2. The average Bonchev–Trinajstić information content (AvgIpc) is 2.57. The summed E-state index contributed by atoms with van der Waals surface area (Å²) in [5.74, 6) is -0.211. The molecule has 0 aromatic heterocycles. The van der Waals surface area contributed by atoms with Gasteiger partial charge in [0.05, 0.1) is 6.54 Å². The van der Waals surface area contributed by atoms with E-state index in [9.17, 15) is 9.59 Å². The van der Waals surface area contributed by atoms with Crippen LogP contribution in [0.5, 0.6) is 0 Å². The van der Waals surface area contributed by atoms with Gasteiger partial charge in [-0.1, -0.05) is 18.2 Å². The van der Waals surface area contributed by atoms with Gasteiger partial charge in [0.25, 0.3) is 5.91 Å². The normalized spacial score (nSPS) is 10.1. The molecule has 0 spiro atoms. The zero-order valence-corrected chi connectivity index (χ0v) is 14.3. The van der Waals surface area contributed by atoms with Gasteiger partial charge < -0.3 is 16.0 Å². The molecule has 0 aliphatic heterocycles. The summed E-state index contributed by atoms with van der Waals surface area (Å²) >= 11 is 0. The number of anilines is 2. The summed E-state index contributed by atoms with van der Waals surface area (Å²) in [5.41, 5.74) is 4.32. The second kappa shape index (κ2) is 8.15. The highest BCUT2D eigenvalue weighted by Gasteiger charge is 2.08. The van der Waals surface area contributed by atoms with E-state index in [2.05, 4.69) is 16.0 Å². The van der Waals surface area contributed by atoms with Crippen molar-refractivity contribution in [2.75, 3.05) is 23.7 Å². The van der Waals surface area contributed by atoms with Crippen LogP contribution in [0.15, 0.2) is 42.5 Å². The van der Waals surface area contributed by atoms with E-state index in [4.69, 9.17) is 0 Å². The van der Waals surface area contributed by atoms with Crippen molar-refractivity contribution in [3.8, 4) is 0 Å². The average molecular weight is 325 g/mol. The van der Waals surface area contributed by atoms with Gasteiger partial charge >= 0.3 is 0 Å². The number of hydrogen-bond donors (Lipinski definition) is 3. The molecule has 0 atom stereocenters. The maximum absolute atomic E-state index is 12.1. The summed E-state index contributed by atoms with van der Waals surface area (Å²) in [4.78, 5) is 23.8. The molecule has 0 aliphatic carbocycles. The van der Waals surface area contributed by atoms with Crippen LogP contribution in [0.25, 0.3) is 0 Å². The van der Waals surface area contributed by atoms with E-state index >= 15 is 0 Å². The van der Waals surface area contributed by atoms with Crippen LogP contribution in [0.4, 0.5) is 11.4 Å². The topological polar surface area (TPSA) is 70.2 Å². The molecular formula is C19H23N3O2. The van der Waals surface area contributed by atoms with Gasteiger partial charge in [-0.2, -0.15) is 0 Å². The number of amides is 2. The van der Waals surface area contributed by atoms with Crippen molar-refractivity contribution in [3.63, 3.8) is 0 Å². The predicted molar refractivity (Wildman–Crippen MR) is 97.5 cm³/mol. The van der Waals surface area contributed by atoms with Gasteiger partial charge in [-0.3, -0.25) is 9.59 Å². The highest BCUT2D eigenvalue weighted by Crippen LogP contribution is 2.19. The summed E-state index contributed by atoms with van der Waals surface area (Å²) in [5, 5.41) is 8.73. The first-order valence-electron chi connectivity index (χ1n) is 7.99. The summed E-state index contributed by atoms with van der Waals surface area (Å²) in [6.45, 7) is 6.57. The fraction of sp³-hybridized carbons (Fsp3) is 0.263. The van der Waals surface area contributed by atoms with Gasteiger partial charge in [0.15, 0.2) is 0 Å². The van der Waals surface area contributed by atoms with Crippen LogP contribution >= 0.6 is 0 Å². The zero-order chi connectivity index (χ0) is 17.5. The highest BCUT2D eigenvalue weighted by atomic mass is 16.2. The standard InChI is InChI=1S/C19H23N3O2/c1-4-20-19(24)15-8-10-16(11-9-15)21-12-17(23)22-18-13(2)6-5-7-14(18)3/h5-11,21H,4,12H2,1-3H3,(H,20,24)(H,22,23). The van der Waals surface area contributed by atoms with E-state index in [1.807, 2.05) is 39.0 Å². The van der Waals surface area contributed by atoms with E-state index in [-0.39, 0.29) is 18.4 Å². The SMILES string of the molecule is CCNC(=O)c1ccc(NCC(=O)Nc2c(C)cccc2C)cc1. The monoisotopic (exact) mass is 325 g/mol. The predicted octanol–water partition coefficient (Wildman–Crippen LogP) is 3.10. The molecule has 0 heterocycles. The van der Waals surface area contributed by atoms with Crippen molar-refractivity contribution in [2.24, 2.45) is 0 Å². The Balaban J connectivity index is 1.91. The smallest absolute Gasteiger partial charge is 0.251 e. The number of carbonyl (C=O) groups is 2. The third-order valence-electron chi connectivity index (χ3n) is 3.68. The Morgan fingerprint density at radius 3 is 2.17 bits per heavy atom. The molecule has 2 amide bonds. The molecule has 0 fully saturated rings. The van der Waals surface area contributed by atoms with Crippen molar-refractivity contribution >= 4 is 23.2 Å². The van der Waals surface area contributed by atoms with Crippen LogP contribution in [0.1, 0.15) is 28.4 Å². The van der Waals surface area contributed by atoms with Crippen molar-refractivity contribution in [1.82, 2.24) is 5.32 Å². The molecular weight excluding hydrogens is 302 g/mol. The molecule has 0 saturated heterocycles. The largest absolute Gasteiger partial charge is 0.376 e. The lowest BCUT2D eigenvalue weighted by molar-refractivity contribution is -0.114. The Labute approximate surface area is 142 Å². The first-order chi connectivity index (χ1) is 11.5. The van der Waals surface area contributed by atoms with Gasteiger partial charge in [-0.05, 0) is 56.2 Å². The van der Waals surface area contributed by atoms with Gasteiger partial charge in [0, 0.05) is 23.5 Å². The number of hydrogen-bond acceptors (Lipinski definition) is 3. The fourth-order valence-electron chi connectivity index (χ4n) is 2.38. The van der Waals surface area contributed by atoms with Gasteiger partial charge in [-0.25, -0.2) is 0 Å². The Morgan fingerprint density at radius 1 is 0.958 bits per heavy atom. The minimum atomic E-state index is -0.111. The van der Waals surface area contributed by atoms with Crippen LogP contribution in [0.3, 0.4) is 0 Å². The molecule has 0 radical (unpaired) electrons. The van der Waals surface area contributed by atoms with Crippen LogP contribution in [-0.4, -0.2) is 24.9 Å². The number of para-hydroxylation sites is 1. The van der Waals surface area contributed by atoms with E-state index in [1.165, 1.54) is 0 Å². The number of rotatable bonds is 6. The lowest BCUT2D eigenvalue weighted by atomic mass is 10.1. The second-order valence-corrected chi connectivity index (χ2v) is 5.61.